The fraction of sp³-hybridized carbons (Fsp3) is 0.353. The number of hydrogen-bond donors (Lipinski definition) is 2. The van der Waals surface area contributed by atoms with Crippen LogP contribution in [0.25, 0.3) is 0 Å². The maximum atomic E-state index is 12.1. The molecule has 23 heavy (non-hydrogen) atoms. The Morgan fingerprint density at radius 2 is 2.04 bits per heavy atom. The van der Waals surface area contributed by atoms with Crippen LogP contribution in [-0.2, 0) is 9.59 Å². The van der Waals surface area contributed by atoms with Gasteiger partial charge in [0.2, 0.25) is 6.41 Å². The summed E-state index contributed by atoms with van der Waals surface area (Å²) in [5, 5.41) is 5.90. The number of allylic oxidation sites excluding steroid dienone is 5. The molecule has 1 heterocycles. The number of carbonyl (C=O) groups excluding carboxylic acids is 2. The van der Waals surface area contributed by atoms with Crippen molar-refractivity contribution in [2.24, 2.45) is 4.99 Å². The minimum Gasteiger partial charge on any atom is -0.344 e. The number of carbonyl (C=O) groups is 2. The Bertz CT molecular complexity index is 625. The van der Waals surface area contributed by atoms with E-state index >= 15 is 0 Å². The molecule has 0 aliphatic carbocycles. The molecule has 124 valence electrons. The predicted octanol–water partition coefficient (Wildman–Crippen LogP) is 2.20. The van der Waals surface area contributed by atoms with Crippen LogP contribution in [0.1, 0.15) is 34.6 Å². The monoisotopic (exact) mass is 316 g/mol. The van der Waals surface area contributed by atoms with E-state index in [0.29, 0.717) is 23.5 Å². The van der Waals surface area contributed by atoms with Crippen molar-refractivity contribution in [3.8, 4) is 0 Å². The highest BCUT2D eigenvalue weighted by Crippen LogP contribution is 2.26. The molecule has 2 amide bonds. The first-order chi connectivity index (χ1) is 10.8. The van der Waals surface area contributed by atoms with E-state index in [4.69, 9.17) is 0 Å². The lowest BCUT2D eigenvalue weighted by molar-refractivity contribution is -0.120. The molecule has 6 nitrogen and oxygen atoms in total. The molecule has 0 unspecified atom stereocenters. The summed E-state index contributed by atoms with van der Waals surface area (Å²) in [7, 11) is 0. The second kappa shape index (κ2) is 7.58. The Labute approximate surface area is 137 Å². The van der Waals surface area contributed by atoms with Crippen LogP contribution >= 0.6 is 0 Å². The number of amides is 2. The van der Waals surface area contributed by atoms with Gasteiger partial charge in [-0.1, -0.05) is 12.7 Å². The molecule has 0 aromatic carbocycles. The Morgan fingerprint density at radius 3 is 2.57 bits per heavy atom. The summed E-state index contributed by atoms with van der Waals surface area (Å²) in [6.07, 6.45) is 7.51. The lowest BCUT2D eigenvalue weighted by atomic mass is 10.1. The molecule has 6 heteroatoms. The van der Waals surface area contributed by atoms with Crippen LogP contribution in [0.3, 0.4) is 0 Å². The van der Waals surface area contributed by atoms with E-state index in [0.717, 1.165) is 5.70 Å². The maximum Gasteiger partial charge on any atom is 0.270 e. The lowest BCUT2D eigenvalue weighted by Gasteiger charge is -2.27. The smallest absolute Gasteiger partial charge is 0.270 e. The average Bonchev–Trinajstić information content (AvgIpc) is 2.67. The molecule has 1 rings (SSSR count). The molecule has 0 spiro atoms. The molecule has 1 fully saturated rings. The molecule has 0 radical (unpaired) electrons. The molecule has 1 saturated heterocycles. The Kier molecular flexibility index (Phi) is 6.07. The van der Waals surface area contributed by atoms with Gasteiger partial charge in [0.05, 0.1) is 0 Å². The Balaban J connectivity index is 3.14. The maximum absolute atomic E-state index is 12.1. The van der Waals surface area contributed by atoms with Gasteiger partial charge >= 0.3 is 0 Å². The third kappa shape index (κ3) is 4.42. The highest BCUT2D eigenvalue weighted by atomic mass is 16.2. The van der Waals surface area contributed by atoms with Gasteiger partial charge in [-0.25, -0.2) is 4.99 Å². The van der Waals surface area contributed by atoms with Crippen LogP contribution in [0.5, 0.6) is 0 Å². The number of hydrogen-bond acceptors (Lipinski definition) is 4. The van der Waals surface area contributed by atoms with Gasteiger partial charge in [0.25, 0.3) is 5.91 Å². The normalized spacial score (nSPS) is 20.6. The van der Waals surface area contributed by atoms with E-state index in [2.05, 4.69) is 22.2 Å². The van der Waals surface area contributed by atoms with Gasteiger partial charge in [-0.15, -0.1) is 0 Å². The van der Waals surface area contributed by atoms with Crippen molar-refractivity contribution in [3.63, 3.8) is 0 Å². The number of rotatable bonds is 6. The summed E-state index contributed by atoms with van der Waals surface area (Å²) in [4.78, 5) is 29.1. The van der Waals surface area contributed by atoms with E-state index < -0.39 is 5.66 Å². The molecule has 0 atom stereocenters. The van der Waals surface area contributed by atoms with Crippen molar-refractivity contribution in [1.82, 2.24) is 15.5 Å². The molecular weight excluding hydrogens is 292 g/mol. The van der Waals surface area contributed by atoms with Gasteiger partial charge in [0.1, 0.15) is 17.2 Å². The SMILES string of the molecule is C=C/C=C(\N=C/C)N/C(C)=C/C(C)=C1/C(=O)NC(C)(C)N1C=O. The first kappa shape index (κ1) is 18.4. The van der Waals surface area contributed by atoms with Crippen molar-refractivity contribution >= 4 is 18.5 Å². The predicted molar refractivity (Wildman–Crippen MR) is 92.2 cm³/mol. The zero-order valence-corrected chi connectivity index (χ0v) is 14.3. The van der Waals surface area contributed by atoms with Crippen molar-refractivity contribution < 1.29 is 9.59 Å². The minimum absolute atomic E-state index is 0.267. The fourth-order valence-corrected chi connectivity index (χ4v) is 2.34. The summed E-state index contributed by atoms with van der Waals surface area (Å²) in [5.41, 5.74) is 1.09. The highest BCUT2D eigenvalue weighted by Gasteiger charge is 2.41. The molecular formula is C17H24N4O2. The molecule has 0 aromatic rings. The average molecular weight is 316 g/mol. The van der Waals surface area contributed by atoms with Crippen LogP contribution in [-0.4, -0.2) is 29.1 Å². The zero-order chi connectivity index (χ0) is 17.6. The van der Waals surface area contributed by atoms with E-state index in [1.54, 1.807) is 45.2 Å². The van der Waals surface area contributed by atoms with Gasteiger partial charge in [0, 0.05) is 11.9 Å². The van der Waals surface area contributed by atoms with Crippen molar-refractivity contribution in [2.75, 3.05) is 0 Å². The topological polar surface area (TPSA) is 73.8 Å². The largest absolute Gasteiger partial charge is 0.344 e. The third-order valence-corrected chi connectivity index (χ3v) is 3.26. The van der Waals surface area contributed by atoms with Gasteiger partial charge in [-0.05, 0) is 52.3 Å². The summed E-state index contributed by atoms with van der Waals surface area (Å²) < 4.78 is 0. The summed E-state index contributed by atoms with van der Waals surface area (Å²) in [5.74, 6) is 0.370. The summed E-state index contributed by atoms with van der Waals surface area (Å²) in [6.45, 7) is 12.7. The Hall–Kier alpha value is -2.63. The molecule has 0 saturated carbocycles. The highest BCUT2D eigenvalue weighted by molar-refractivity contribution is 5.99. The summed E-state index contributed by atoms with van der Waals surface area (Å²) in [6, 6.07) is 0. The standard InChI is InChI=1S/C17H24N4O2/c1-7-9-14(18-8-2)19-13(4)10-12(3)15-16(23)20-17(5,6)21(15)11-22/h7-11,19H,1H2,2-6H3,(H,20,23)/b13-10+,14-9+,15-12-,18-8-. The second-order valence-corrected chi connectivity index (χ2v) is 5.65. The lowest BCUT2D eigenvalue weighted by Crippen LogP contribution is -2.45. The number of nitrogens with zero attached hydrogens (tertiary/aromatic N) is 2. The van der Waals surface area contributed by atoms with Crippen molar-refractivity contribution in [1.29, 1.82) is 0 Å². The van der Waals surface area contributed by atoms with E-state index in [9.17, 15) is 9.59 Å². The molecule has 0 bridgehead atoms. The van der Waals surface area contributed by atoms with Crippen LogP contribution in [0.15, 0.2) is 52.6 Å². The second-order valence-electron chi connectivity index (χ2n) is 5.65. The van der Waals surface area contributed by atoms with Gasteiger partial charge < -0.3 is 10.6 Å². The van der Waals surface area contributed by atoms with Crippen molar-refractivity contribution in [2.45, 2.75) is 40.3 Å². The zero-order valence-electron chi connectivity index (χ0n) is 14.3. The molecule has 1 aliphatic rings. The van der Waals surface area contributed by atoms with Crippen LogP contribution < -0.4 is 10.6 Å². The molecule has 2 N–H and O–H groups in total. The van der Waals surface area contributed by atoms with E-state index in [1.165, 1.54) is 4.90 Å². The quantitative estimate of drug-likeness (QED) is 0.341. The summed E-state index contributed by atoms with van der Waals surface area (Å²) >= 11 is 0. The first-order valence-electron chi connectivity index (χ1n) is 7.31. The van der Waals surface area contributed by atoms with Gasteiger partial charge in [-0.3, -0.25) is 14.5 Å². The fourth-order valence-electron chi connectivity index (χ4n) is 2.34. The van der Waals surface area contributed by atoms with Crippen LogP contribution in [0, 0.1) is 0 Å². The van der Waals surface area contributed by atoms with E-state index in [1.807, 2.05) is 13.8 Å². The Morgan fingerprint density at radius 1 is 1.39 bits per heavy atom. The number of aliphatic imine (C=N–C) groups is 1. The van der Waals surface area contributed by atoms with Crippen LogP contribution in [0.2, 0.25) is 0 Å². The van der Waals surface area contributed by atoms with E-state index in [-0.39, 0.29) is 5.91 Å². The molecule has 0 aromatic heterocycles. The van der Waals surface area contributed by atoms with Gasteiger partial charge in [0.15, 0.2) is 0 Å². The minimum atomic E-state index is -0.731. The van der Waals surface area contributed by atoms with Gasteiger partial charge in [-0.2, -0.15) is 0 Å². The third-order valence-electron chi connectivity index (χ3n) is 3.26. The molecule has 1 aliphatic heterocycles. The first-order valence-corrected chi connectivity index (χ1v) is 7.31. The van der Waals surface area contributed by atoms with Crippen LogP contribution in [0.4, 0.5) is 0 Å². The number of nitrogens with one attached hydrogen (secondary N) is 2. The van der Waals surface area contributed by atoms with Crippen molar-refractivity contribution in [3.05, 3.63) is 47.6 Å².